The Labute approximate surface area is 175 Å². The number of carbonyl (C=O) groups excluding carboxylic acids is 2. The lowest BCUT2D eigenvalue weighted by Gasteiger charge is -2.45. The van der Waals surface area contributed by atoms with E-state index in [9.17, 15) is 14.0 Å². The summed E-state index contributed by atoms with van der Waals surface area (Å²) < 4.78 is 25.0. The Bertz CT molecular complexity index is 962. The molecular formula is C24H26FNO4. The van der Waals surface area contributed by atoms with E-state index in [4.69, 9.17) is 9.47 Å². The Morgan fingerprint density at radius 2 is 1.97 bits per heavy atom. The van der Waals surface area contributed by atoms with Crippen LogP contribution in [0.5, 0.6) is 5.75 Å². The van der Waals surface area contributed by atoms with Gasteiger partial charge in [-0.25, -0.2) is 4.39 Å². The topological polar surface area (TPSA) is 55.8 Å². The third kappa shape index (κ3) is 3.39. The van der Waals surface area contributed by atoms with Gasteiger partial charge in [0.05, 0.1) is 14.2 Å². The highest BCUT2D eigenvalue weighted by atomic mass is 19.1. The van der Waals surface area contributed by atoms with Crippen molar-refractivity contribution in [2.24, 2.45) is 5.41 Å². The van der Waals surface area contributed by atoms with Crippen LogP contribution in [0.2, 0.25) is 0 Å². The number of esters is 1. The molecule has 3 atom stereocenters. The van der Waals surface area contributed by atoms with Crippen molar-refractivity contribution < 1.29 is 23.5 Å². The highest BCUT2D eigenvalue weighted by Crippen LogP contribution is 2.48. The number of carbonyl (C=O) groups is 2. The first kappa shape index (κ1) is 20.5. The number of nitrogens with zero attached hydrogens (tertiary/aromatic N) is 1. The van der Waals surface area contributed by atoms with E-state index in [1.165, 1.54) is 13.2 Å². The van der Waals surface area contributed by atoms with Crippen LogP contribution in [-0.2, 0) is 27.3 Å². The van der Waals surface area contributed by atoms with Gasteiger partial charge >= 0.3 is 5.97 Å². The maximum absolute atomic E-state index is 14.5. The van der Waals surface area contributed by atoms with Crippen molar-refractivity contribution in [2.45, 2.75) is 44.3 Å². The first-order valence-electron chi connectivity index (χ1n) is 10.2. The molecule has 0 aromatic heterocycles. The highest BCUT2D eigenvalue weighted by molar-refractivity contribution is 6.06. The summed E-state index contributed by atoms with van der Waals surface area (Å²) in [6.07, 6.45) is 1.81. The number of rotatable bonds is 6. The molecule has 6 heteroatoms. The summed E-state index contributed by atoms with van der Waals surface area (Å²) in [7, 11) is 2.92. The fourth-order valence-electron chi connectivity index (χ4n) is 5.15. The van der Waals surface area contributed by atoms with Gasteiger partial charge in [0.1, 0.15) is 17.0 Å². The highest BCUT2D eigenvalue weighted by Gasteiger charge is 2.61. The minimum absolute atomic E-state index is 0.0111. The Balaban J connectivity index is 1.72. The molecule has 0 spiro atoms. The lowest BCUT2D eigenvalue weighted by molar-refractivity contribution is -0.167. The maximum atomic E-state index is 14.5. The van der Waals surface area contributed by atoms with Gasteiger partial charge in [-0.3, -0.25) is 14.5 Å². The predicted molar refractivity (Wildman–Crippen MR) is 110 cm³/mol. The van der Waals surface area contributed by atoms with Crippen LogP contribution in [0.15, 0.2) is 48.5 Å². The molecule has 0 radical (unpaired) electrons. The normalized spacial score (nSPS) is 25.9. The molecule has 0 saturated carbocycles. The summed E-state index contributed by atoms with van der Waals surface area (Å²) in [4.78, 5) is 28.6. The van der Waals surface area contributed by atoms with Crippen LogP contribution in [-0.4, -0.2) is 43.0 Å². The minimum atomic E-state index is -1.40. The molecule has 2 saturated heterocycles. The van der Waals surface area contributed by atoms with Crippen molar-refractivity contribution in [3.8, 4) is 5.75 Å². The molecule has 4 rings (SSSR count). The Hall–Kier alpha value is -2.73. The van der Waals surface area contributed by atoms with E-state index in [1.54, 1.807) is 25.3 Å². The fraction of sp³-hybridized carbons (Fsp3) is 0.417. The largest absolute Gasteiger partial charge is 0.497 e. The summed E-state index contributed by atoms with van der Waals surface area (Å²) in [5, 5.41) is 0. The first-order chi connectivity index (χ1) is 14.5. The van der Waals surface area contributed by atoms with Crippen LogP contribution in [0.25, 0.3) is 0 Å². The Morgan fingerprint density at radius 1 is 1.17 bits per heavy atom. The van der Waals surface area contributed by atoms with Crippen molar-refractivity contribution in [3.05, 3.63) is 65.5 Å². The molecule has 158 valence electrons. The summed E-state index contributed by atoms with van der Waals surface area (Å²) in [5.41, 5.74) is 0.0104. The second-order valence-corrected chi connectivity index (χ2v) is 8.13. The molecule has 2 fully saturated rings. The molecular weight excluding hydrogens is 385 g/mol. The Kier molecular flexibility index (Phi) is 5.60. The van der Waals surface area contributed by atoms with Crippen LogP contribution in [0.3, 0.4) is 0 Å². The molecule has 2 heterocycles. The third-order valence-corrected chi connectivity index (χ3v) is 6.61. The van der Waals surface area contributed by atoms with Crippen LogP contribution in [0, 0.1) is 11.2 Å². The molecule has 5 nitrogen and oxygen atoms in total. The summed E-state index contributed by atoms with van der Waals surface area (Å²) >= 11 is 0. The number of methoxy groups -OCH3 is 2. The lowest BCUT2D eigenvalue weighted by Crippen LogP contribution is -2.61. The zero-order valence-corrected chi connectivity index (χ0v) is 17.3. The van der Waals surface area contributed by atoms with Crippen molar-refractivity contribution in [2.75, 3.05) is 14.2 Å². The first-order valence-corrected chi connectivity index (χ1v) is 10.2. The van der Waals surface area contributed by atoms with Crippen LogP contribution in [0.4, 0.5) is 4.39 Å². The standard InChI is InChI=1S/C24H26FNO4/c1-29-19-8-5-6-16(12-19)15-26-18-10-11-21(26)24(22(27)13-18,23(28)30-2)14-17-7-3-4-9-20(17)25/h3-9,12,18,21H,10-11,13-15H2,1-2H3/t18-,21-,24+/m1/s1. The second kappa shape index (κ2) is 8.19. The summed E-state index contributed by atoms with van der Waals surface area (Å²) in [6.45, 7) is 0.593. The molecule has 0 amide bonds. The molecule has 2 aliphatic rings. The average molecular weight is 411 g/mol. The van der Waals surface area contributed by atoms with Crippen molar-refractivity contribution >= 4 is 11.8 Å². The second-order valence-electron chi connectivity index (χ2n) is 8.13. The van der Waals surface area contributed by atoms with Gasteiger partial charge in [-0.15, -0.1) is 0 Å². The van der Waals surface area contributed by atoms with E-state index in [0.717, 1.165) is 17.7 Å². The third-order valence-electron chi connectivity index (χ3n) is 6.61. The molecule has 2 aromatic carbocycles. The molecule has 0 N–H and O–H groups in total. The molecule has 0 unspecified atom stereocenters. The van der Waals surface area contributed by atoms with Crippen LogP contribution < -0.4 is 4.74 Å². The molecule has 0 aliphatic carbocycles. The summed E-state index contributed by atoms with van der Waals surface area (Å²) in [6, 6.07) is 13.9. The van der Waals surface area contributed by atoms with Gasteiger partial charge in [-0.2, -0.15) is 0 Å². The number of piperidine rings is 1. The van der Waals surface area contributed by atoms with Crippen molar-refractivity contribution in [1.82, 2.24) is 4.90 Å². The van der Waals surface area contributed by atoms with Gasteiger partial charge in [0.15, 0.2) is 5.78 Å². The number of halogens is 1. The smallest absolute Gasteiger partial charge is 0.321 e. The minimum Gasteiger partial charge on any atom is -0.497 e. The van der Waals surface area contributed by atoms with E-state index in [2.05, 4.69) is 4.90 Å². The van der Waals surface area contributed by atoms with Gasteiger partial charge in [-0.1, -0.05) is 30.3 Å². The number of benzene rings is 2. The number of ether oxygens (including phenoxy) is 2. The molecule has 2 aliphatic heterocycles. The quantitative estimate of drug-likeness (QED) is 0.538. The van der Waals surface area contributed by atoms with Crippen LogP contribution >= 0.6 is 0 Å². The van der Waals surface area contributed by atoms with E-state index in [-0.39, 0.29) is 30.7 Å². The van der Waals surface area contributed by atoms with Gasteiger partial charge in [0.25, 0.3) is 0 Å². The molecule has 2 bridgehead atoms. The molecule has 30 heavy (non-hydrogen) atoms. The fourth-order valence-corrected chi connectivity index (χ4v) is 5.15. The van der Waals surface area contributed by atoms with E-state index in [0.29, 0.717) is 18.5 Å². The van der Waals surface area contributed by atoms with Gasteiger partial charge in [0, 0.05) is 25.0 Å². The van der Waals surface area contributed by atoms with Crippen LogP contribution in [0.1, 0.15) is 30.4 Å². The van der Waals surface area contributed by atoms with E-state index in [1.807, 2.05) is 24.3 Å². The SMILES string of the molecule is COC(=O)[C@]1(Cc2ccccc2F)C(=O)C[C@H]2CC[C@H]1N2Cc1cccc(OC)c1. The number of Topliss-reactive ketones (excluding diaryl/α,β-unsaturated/α-hetero) is 1. The average Bonchev–Trinajstić information content (AvgIpc) is 3.07. The van der Waals surface area contributed by atoms with Gasteiger partial charge < -0.3 is 9.47 Å². The molecule has 2 aromatic rings. The monoisotopic (exact) mass is 411 g/mol. The van der Waals surface area contributed by atoms with E-state index >= 15 is 0 Å². The number of hydrogen-bond donors (Lipinski definition) is 0. The Morgan fingerprint density at radius 3 is 2.70 bits per heavy atom. The summed E-state index contributed by atoms with van der Waals surface area (Å²) in [5.74, 6) is -0.365. The van der Waals surface area contributed by atoms with E-state index < -0.39 is 17.2 Å². The number of fused-ring (bicyclic) bond motifs is 2. The zero-order valence-electron chi connectivity index (χ0n) is 17.3. The maximum Gasteiger partial charge on any atom is 0.321 e. The zero-order chi connectivity index (χ0) is 21.3. The number of hydrogen-bond acceptors (Lipinski definition) is 5. The van der Waals surface area contributed by atoms with Crippen molar-refractivity contribution in [1.29, 1.82) is 0 Å². The van der Waals surface area contributed by atoms with Gasteiger partial charge in [-0.05, 0) is 48.6 Å². The number of ketones is 1. The van der Waals surface area contributed by atoms with Crippen molar-refractivity contribution in [3.63, 3.8) is 0 Å². The predicted octanol–water partition coefficient (Wildman–Crippen LogP) is 3.54. The lowest BCUT2D eigenvalue weighted by atomic mass is 9.68. The van der Waals surface area contributed by atoms with Gasteiger partial charge in [0.2, 0.25) is 0 Å².